The van der Waals surface area contributed by atoms with Gasteiger partial charge in [-0.05, 0) is 38.1 Å². The first-order valence-corrected chi connectivity index (χ1v) is 9.61. The zero-order valence-electron chi connectivity index (χ0n) is 15.0. The van der Waals surface area contributed by atoms with Crippen molar-refractivity contribution in [3.63, 3.8) is 0 Å². The van der Waals surface area contributed by atoms with Crippen molar-refractivity contribution in [1.29, 1.82) is 0 Å². The zero-order chi connectivity index (χ0) is 19.0. The summed E-state index contributed by atoms with van der Waals surface area (Å²) in [5.74, 6) is 0.564. The number of hydrogen-bond donors (Lipinski definition) is 1. The summed E-state index contributed by atoms with van der Waals surface area (Å²) in [4.78, 5) is 37.2. The number of para-hydroxylation sites is 2. The Morgan fingerprint density at radius 1 is 1.00 bits per heavy atom. The SMILES string of the molecule is CCn1c(SC(C)c2nc3ccccc3c(=O)[nH]2)nc2ccccc2c1=O. The van der Waals surface area contributed by atoms with Crippen molar-refractivity contribution in [2.24, 2.45) is 0 Å². The molecule has 4 rings (SSSR count). The molecule has 0 radical (unpaired) electrons. The highest BCUT2D eigenvalue weighted by Crippen LogP contribution is 2.32. The molecule has 136 valence electrons. The maximum Gasteiger partial charge on any atom is 0.262 e. The van der Waals surface area contributed by atoms with E-state index < -0.39 is 0 Å². The van der Waals surface area contributed by atoms with Gasteiger partial charge in [-0.15, -0.1) is 0 Å². The summed E-state index contributed by atoms with van der Waals surface area (Å²) >= 11 is 1.41. The Kier molecular flexibility index (Phi) is 4.53. The highest BCUT2D eigenvalue weighted by Gasteiger charge is 2.17. The number of hydrogen-bond acceptors (Lipinski definition) is 5. The molecule has 0 aliphatic rings. The van der Waals surface area contributed by atoms with Gasteiger partial charge in [0.05, 0.1) is 27.1 Å². The van der Waals surface area contributed by atoms with E-state index in [0.29, 0.717) is 39.3 Å². The Labute approximate surface area is 159 Å². The lowest BCUT2D eigenvalue weighted by molar-refractivity contribution is 0.632. The molecule has 1 unspecified atom stereocenters. The van der Waals surface area contributed by atoms with Gasteiger partial charge in [-0.2, -0.15) is 0 Å². The average Bonchev–Trinajstić information content (AvgIpc) is 2.68. The molecular formula is C20H18N4O2S. The third-order valence-corrected chi connectivity index (χ3v) is 5.54. The van der Waals surface area contributed by atoms with Crippen LogP contribution in [0.5, 0.6) is 0 Å². The van der Waals surface area contributed by atoms with Crippen molar-refractivity contribution in [1.82, 2.24) is 19.5 Å². The van der Waals surface area contributed by atoms with Crippen LogP contribution in [0.15, 0.2) is 63.3 Å². The van der Waals surface area contributed by atoms with Gasteiger partial charge >= 0.3 is 0 Å². The topological polar surface area (TPSA) is 80.6 Å². The van der Waals surface area contributed by atoms with Crippen molar-refractivity contribution < 1.29 is 0 Å². The molecule has 0 saturated heterocycles. The molecule has 7 heteroatoms. The van der Waals surface area contributed by atoms with Crippen LogP contribution in [0.25, 0.3) is 21.8 Å². The van der Waals surface area contributed by atoms with Crippen LogP contribution in [0, 0.1) is 0 Å². The molecule has 2 aromatic heterocycles. The van der Waals surface area contributed by atoms with Crippen molar-refractivity contribution in [3.8, 4) is 0 Å². The molecule has 1 atom stereocenters. The van der Waals surface area contributed by atoms with Gasteiger partial charge in [0.25, 0.3) is 11.1 Å². The molecule has 2 heterocycles. The Morgan fingerprint density at radius 3 is 2.33 bits per heavy atom. The third kappa shape index (κ3) is 3.14. The quantitative estimate of drug-likeness (QED) is 0.434. The standard InChI is InChI=1S/C20H18N4O2S/c1-3-24-19(26)14-9-5-7-11-16(14)22-20(24)27-12(2)17-21-15-10-6-4-8-13(15)18(25)23-17/h4-12H,3H2,1-2H3,(H,21,23,25). The minimum absolute atomic E-state index is 0.0576. The number of nitrogens with zero attached hydrogens (tertiary/aromatic N) is 3. The summed E-state index contributed by atoms with van der Waals surface area (Å²) in [6, 6.07) is 14.6. The first-order valence-electron chi connectivity index (χ1n) is 8.73. The van der Waals surface area contributed by atoms with Crippen LogP contribution in [-0.2, 0) is 6.54 Å². The molecule has 0 aliphatic carbocycles. The van der Waals surface area contributed by atoms with Crippen molar-refractivity contribution in [3.05, 3.63) is 75.1 Å². The van der Waals surface area contributed by atoms with E-state index in [9.17, 15) is 9.59 Å². The predicted molar refractivity (Wildman–Crippen MR) is 108 cm³/mol. The van der Waals surface area contributed by atoms with Crippen LogP contribution in [0.1, 0.15) is 24.9 Å². The number of H-pyrrole nitrogens is 1. The summed E-state index contributed by atoms with van der Waals surface area (Å²) in [6.45, 7) is 4.38. The molecule has 0 spiro atoms. The number of nitrogens with one attached hydrogen (secondary N) is 1. The van der Waals surface area contributed by atoms with E-state index >= 15 is 0 Å². The van der Waals surface area contributed by atoms with Crippen molar-refractivity contribution >= 4 is 33.6 Å². The molecule has 27 heavy (non-hydrogen) atoms. The van der Waals surface area contributed by atoms with E-state index in [4.69, 9.17) is 0 Å². The van der Waals surface area contributed by atoms with Crippen LogP contribution in [0.4, 0.5) is 0 Å². The first kappa shape index (κ1) is 17.5. The van der Waals surface area contributed by atoms with Crippen LogP contribution in [0.3, 0.4) is 0 Å². The third-order valence-electron chi connectivity index (χ3n) is 4.44. The summed E-state index contributed by atoms with van der Waals surface area (Å²) in [7, 11) is 0. The van der Waals surface area contributed by atoms with E-state index in [0.717, 1.165) is 0 Å². The van der Waals surface area contributed by atoms with Gasteiger partial charge < -0.3 is 4.98 Å². The molecule has 2 aromatic carbocycles. The fourth-order valence-corrected chi connectivity index (χ4v) is 4.06. The molecule has 4 aromatic rings. The number of aromatic amines is 1. The smallest absolute Gasteiger partial charge is 0.262 e. The second-order valence-electron chi connectivity index (χ2n) is 6.19. The largest absolute Gasteiger partial charge is 0.309 e. The lowest BCUT2D eigenvalue weighted by Gasteiger charge is -2.15. The van der Waals surface area contributed by atoms with Crippen LogP contribution >= 0.6 is 11.8 Å². The van der Waals surface area contributed by atoms with Gasteiger partial charge in [0, 0.05) is 6.54 Å². The van der Waals surface area contributed by atoms with Gasteiger partial charge in [-0.25, -0.2) is 9.97 Å². The second kappa shape index (κ2) is 7.00. The molecule has 6 nitrogen and oxygen atoms in total. The molecular weight excluding hydrogens is 360 g/mol. The van der Waals surface area contributed by atoms with Gasteiger partial charge in [-0.3, -0.25) is 14.2 Å². The lowest BCUT2D eigenvalue weighted by atomic mass is 10.2. The molecule has 0 saturated carbocycles. The maximum absolute atomic E-state index is 12.8. The van der Waals surface area contributed by atoms with Gasteiger partial charge in [0.1, 0.15) is 5.82 Å². The number of aromatic nitrogens is 4. The van der Waals surface area contributed by atoms with Crippen molar-refractivity contribution in [2.45, 2.75) is 30.8 Å². The van der Waals surface area contributed by atoms with Crippen molar-refractivity contribution in [2.75, 3.05) is 0 Å². The molecule has 0 aliphatic heterocycles. The summed E-state index contributed by atoms with van der Waals surface area (Å²) in [5, 5.41) is 1.61. The number of thioether (sulfide) groups is 1. The average molecular weight is 378 g/mol. The Bertz CT molecular complexity index is 1260. The van der Waals surface area contributed by atoms with Crippen LogP contribution in [-0.4, -0.2) is 19.5 Å². The van der Waals surface area contributed by atoms with Crippen LogP contribution in [0.2, 0.25) is 0 Å². The Balaban J connectivity index is 1.78. The fourth-order valence-electron chi connectivity index (χ4n) is 3.03. The summed E-state index contributed by atoms with van der Waals surface area (Å²) in [6.07, 6.45) is 0. The van der Waals surface area contributed by atoms with E-state index in [2.05, 4.69) is 15.0 Å². The molecule has 0 fully saturated rings. The lowest BCUT2D eigenvalue weighted by Crippen LogP contribution is -2.23. The van der Waals surface area contributed by atoms with E-state index in [-0.39, 0.29) is 16.4 Å². The monoisotopic (exact) mass is 378 g/mol. The minimum atomic E-state index is -0.173. The Morgan fingerprint density at radius 2 is 1.63 bits per heavy atom. The zero-order valence-corrected chi connectivity index (χ0v) is 15.8. The number of fused-ring (bicyclic) bond motifs is 2. The summed E-state index contributed by atoms with van der Waals surface area (Å²) in [5.41, 5.74) is 1.10. The molecule has 1 N–H and O–H groups in total. The van der Waals surface area contributed by atoms with Crippen LogP contribution < -0.4 is 11.1 Å². The van der Waals surface area contributed by atoms with E-state index in [1.54, 1.807) is 16.7 Å². The number of rotatable bonds is 4. The summed E-state index contributed by atoms with van der Waals surface area (Å²) < 4.78 is 1.66. The first-order chi connectivity index (χ1) is 13.1. The highest BCUT2D eigenvalue weighted by molar-refractivity contribution is 7.99. The van der Waals surface area contributed by atoms with E-state index in [1.165, 1.54) is 11.8 Å². The molecule has 0 amide bonds. The normalized spacial score (nSPS) is 12.5. The van der Waals surface area contributed by atoms with Gasteiger partial charge in [0.15, 0.2) is 5.16 Å². The Hall–Kier alpha value is -2.93. The predicted octanol–water partition coefficient (Wildman–Crippen LogP) is 3.51. The van der Waals surface area contributed by atoms with Gasteiger partial charge in [-0.1, -0.05) is 36.0 Å². The van der Waals surface area contributed by atoms with E-state index in [1.807, 2.05) is 50.2 Å². The van der Waals surface area contributed by atoms with Gasteiger partial charge in [0.2, 0.25) is 0 Å². The highest BCUT2D eigenvalue weighted by atomic mass is 32.2. The minimum Gasteiger partial charge on any atom is -0.309 e. The number of benzene rings is 2. The maximum atomic E-state index is 12.8. The molecule has 0 bridgehead atoms. The second-order valence-corrected chi connectivity index (χ2v) is 7.50. The fraction of sp³-hybridized carbons (Fsp3) is 0.200.